The van der Waals surface area contributed by atoms with Crippen molar-refractivity contribution in [3.05, 3.63) is 56.5 Å². The van der Waals surface area contributed by atoms with E-state index in [0.29, 0.717) is 23.5 Å². The predicted octanol–water partition coefficient (Wildman–Crippen LogP) is 7.73. The van der Waals surface area contributed by atoms with Gasteiger partial charge in [0.05, 0.1) is 35.5 Å². The van der Waals surface area contributed by atoms with Crippen LogP contribution in [0.5, 0.6) is 11.5 Å². The highest BCUT2D eigenvalue weighted by Gasteiger charge is 2.36. The van der Waals surface area contributed by atoms with Gasteiger partial charge < -0.3 is 24.1 Å². The van der Waals surface area contributed by atoms with Crippen molar-refractivity contribution >= 4 is 49.7 Å². The van der Waals surface area contributed by atoms with Gasteiger partial charge in [0.25, 0.3) is 0 Å². The number of ketones is 2. The zero-order chi connectivity index (χ0) is 30.3. The lowest BCUT2D eigenvalue weighted by Gasteiger charge is -2.38. The van der Waals surface area contributed by atoms with Gasteiger partial charge in [0.2, 0.25) is 0 Å². The highest BCUT2D eigenvalue weighted by Crippen LogP contribution is 2.37. The molecule has 1 N–H and O–H groups in total. The Labute approximate surface area is 259 Å². The summed E-state index contributed by atoms with van der Waals surface area (Å²) in [6.07, 6.45) is 6.26. The number of hydrogen-bond acceptors (Lipinski definition) is 7. The average Bonchev–Trinajstić information content (AvgIpc) is 2.90. The standard InChI is InChI=1S/C16H19BrO3.C8H7BrO2.C8H14O2/c1-9-5-11(6-10(2)19-9)16-8-14(18)13-7-12(17)3-4-15(13)20-16;1-5(10)7-4-6(9)2-3-8(7)11;1-6-3-8(5-9)4-7(2)10-6/h3-4,7,9-11,16H,5-6,8H2,1-2H3;2-4,11H,1H3;5-8H,3-4H2,1-2H3. The number of hydrogen-bond donors (Lipinski definition) is 1. The second-order valence-corrected chi connectivity index (χ2v) is 13.1. The lowest BCUT2D eigenvalue weighted by molar-refractivity contribution is -0.119. The zero-order valence-electron chi connectivity index (χ0n) is 24.3. The van der Waals surface area contributed by atoms with Crippen LogP contribution in [0.25, 0.3) is 0 Å². The molecule has 5 rings (SSSR count). The third-order valence-electron chi connectivity index (χ3n) is 7.43. The van der Waals surface area contributed by atoms with Crippen molar-refractivity contribution in [1.29, 1.82) is 0 Å². The minimum absolute atomic E-state index is 0.00928. The van der Waals surface area contributed by atoms with Crippen LogP contribution < -0.4 is 4.74 Å². The Bertz CT molecular complexity index is 1200. The molecule has 0 spiro atoms. The van der Waals surface area contributed by atoms with Gasteiger partial charge in [0.1, 0.15) is 23.9 Å². The van der Waals surface area contributed by atoms with Crippen LogP contribution in [-0.4, -0.2) is 53.5 Å². The minimum atomic E-state index is -0.135. The number of ether oxygens (including phenoxy) is 3. The highest BCUT2D eigenvalue weighted by atomic mass is 79.9. The molecule has 9 heteroatoms. The molecule has 0 saturated carbocycles. The van der Waals surface area contributed by atoms with Crippen molar-refractivity contribution in [2.75, 3.05) is 0 Å². The fourth-order valence-corrected chi connectivity index (χ4v) is 6.42. The number of Topliss-reactive ketones (excluding diaryl/α,β-unsaturated/α-hetero) is 2. The lowest BCUT2D eigenvalue weighted by Crippen LogP contribution is -2.41. The topological polar surface area (TPSA) is 99.1 Å². The van der Waals surface area contributed by atoms with Crippen molar-refractivity contribution in [2.45, 2.75) is 97.2 Å². The number of phenols is 1. The zero-order valence-corrected chi connectivity index (χ0v) is 27.4. The molecule has 3 heterocycles. The fourth-order valence-electron chi connectivity index (χ4n) is 5.70. The highest BCUT2D eigenvalue weighted by molar-refractivity contribution is 9.10. The maximum atomic E-state index is 12.3. The smallest absolute Gasteiger partial charge is 0.170 e. The Balaban J connectivity index is 0.000000187. The van der Waals surface area contributed by atoms with Crippen LogP contribution in [0.15, 0.2) is 45.3 Å². The normalized spacial score (nSPS) is 29.0. The third kappa shape index (κ3) is 10.0. The molecule has 2 saturated heterocycles. The molecule has 0 aromatic heterocycles. The van der Waals surface area contributed by atoms with E-state index >= 15 is 0 Å². The second kappa shape index (κ2) is 15.4. The predicted molar refractivity (Wildman–Crippen MR) is 165 cm³/mol. The minimum Gasteiger partial charge on any atom is -0.507 e. The molecule has 5 unspecified atom stereocenters. The molecule has 0 bridgehead atoms. The number of halogens is 2. The molecule has 3 aliphatic rings. The summed E-state index contributed by atoms with van der Waals surface area (Å²) in [6.45, 7) is 9.65. The summed E-state index contributed by atoms with van der Waals surface area (Å²) in [6, 6.07) is 10.4. The molecule has 0 aliphatic carbocycles. The second-order valence-electron chi connectivity index (χ2n) is 11.3. The Morgan fingerprint density at radius 3 is 1.95 bits per heavy atom. The Hall–Kier alpha value is -2.07. The van der Waals surface area contributed by atoms with Crippen LogP contribution in [-0.2, 0) is 14.3 Å². The quantitative estimate of drug-likeness (QED) is 0.259. The van der Waals surface area contributed by atoms with E-state index in [2.05, 4.69) is 45.7 Å². The number of benzene rings is 2. The molecule has 0 amide bonds. The van der Waals surface area contributed by atoms with Crippen LogP contribution in [0.3, 0.4) is 0 Å². The molecule has 2 aromatic rings. The van der Waals surface area contributed by atoms with Crippen molar-refractivity contribution in [3.8, 4) is 11.5 Å². The van der Waals surface area contributed by atoms with Gasteiger partial charge in [-0.15, -0.1) is 0 Å². The lowest BCUT2D eigenvalue weighted by atomic mass is 9.83. The number of aromatic hydroxyl groups is 1. The van der Waals surface area contributed by atoms with E-state index in [1.807, 2.05) is 32.0 Å². The van der Waals surface area contributed by atoms with Gasteiger partial charge in [-0.05, 0) is 96.7 Å². The maximum Gasteiger partial charge on any atom is 0.170 e. The van der Waals surface area contributed by atoms with Gasteiger partial charge in [0.15, 0.2) is 11.6 Å². The number of carbonyl (C=O) groups is 3. The Morgan fingerprint density at radius 2 is 1.41 bits per heavy atom. The molecule has 7 nitrogen and oxygen atoms in total. The van der Waals surface area contributed by atoms with Gasteiger partial charge in [0, 0.05) is 27.2 Å². The van der Waals surface area contributed by atoms with E-state index in [0.717, 1.165) is 46.7 Å². The Morgan fingerprint density at radius 1 is 0.878 bits per heavy atom. The monoisotopic (exact) mass is 694 g/mol. The van der Waals surface area contributed by atoms with E-state index in [9.17, 15) is 14.4 Å². The van der Waals surface area contributed by atoms with E-state index in [1.165, 1.54) is 13.0 Å². The summed E-state index contributed by atoms with van der Waals surface area (Å²) in [5.41, 5.74) is 1.04. The number of phenolic OH excluding ortho intramolecular Hbond substituents is 1. The fraction of sp³-hybridized carbons (Fsp3) is 0.531. The van der Waals surface area contributed by atoms with Gasteiger partial charge in [-0.3, -0.25) is 9.59 Å². The molecular weight excluding hydrogens is 656 g/mol. The van der Waals surface area contributed by atoms with E-state index in [-0.39, 0.29) is 53.8 Å². The van der Waals surface area contributed by atoms with Crippen molar-refractivity contribution in [1.82, 2.24) is 0 Å². The molecule has 41 heavy (non-hydrogen) atoms. The third-order valence-corrected chi connectivity index (χ3v) is 8.42. The number of aldehydes is 1. The molecule has 0 radical (unpaired) electrons. The van der Waals surface area contributed by atoms with Crippen LogP contribution in [0, 0.1) is 11.8 Å². The van der Waals surface area contributed by atoms with Crippen LogP contribution in [0.2, 0.25) is 0 Å². The van der Waals surface area contributed by atoms with Gasteiger partial charge in [-0.1, -0.05) is 31.9 Å². The van der Waals surface area contributed by atoms with Crippen molar-refractivity contribution < 1.29 is 33.7 Å². The molecule has 2 fully saturated rings. The number of fused-ring (bicyclic) bond motifs is 1. The summed E-state index contributed by atoms with van der Waals surface area (Å²) in [5.74, 6) is 1.43. The summed E-state index contributed by atoms with van der Waals surface area (Å²) in [5, 5.41) is 9.16. The van der Waals surface area contributed by atoms with Gasteiger partial charge in [-0.2, -0.15) is 0 Å². The maximum absolute atomic E-state index is 12.3. The molecule has 5 atom stereocenters. The van der Waals surface area contributed by atoms with Crippen molar-refractivity contribution in [2.24, 2.45) is 11.8 Å². The first-order valence-electron chi connectivity index (χ1n) is 14.1. The first-order chi connectivity index (χ1) is 19.4. The van der Waals surface area contributed by atoms with Crippen LogP contribution in [0.1, 0.15) is 87.4 Å². The molecule has 224 valence electrons. The largest absolute Gasteiger partial charge is 0.507 e. The van der Waals surface area contributed by atoms with E-state index in [4.69, 9.17) is 19.3 Å². The Kier molecular flexibility index (Phi) is 12.6. The van der Waals surface area contributed by atoms with Gasteiger partial charge in [-0.25, -0.2) is 0 Å². The summed E-state index contributed by atoms with van der Waals surface area (Å²) < 4.78 is 19.0. The number of rotatable bonds is 3. The molecule has 2 aromatic carbocycles. The average molecular weight is 696 g/mol. The SMILES string of the molecule is CC(=O)c1cc(Br)ccc1O.CC1CC(C2CC(=O)c3cc(Br)ccc3O2)CC(C)O1.CC1CC(C=O)CC(C)O1. The van der Waals surface area contributed by atoms with Crippen LogP contribution in [0.4, 0.5) is 0 Å². The number of carbonyl (C=O) groups excluding carboxylic acids is 3. The van der Waals surface area contributed by atoms with Gasteiger partial charge >= 0.3 is 0 Å². The summed E-state index contributed by atoms with van der Waals surface area (Å²) >= 11 is 6.60. The van der Waals surface area contributed by atoms with E-state index in [1.54, 1.807) is 12.1 Å². The van der Waals surface area contributed by atoms with Crippen LogP contribution >= 0.6 is 31.9 Å². The van der Waals surface area contributed by atoms with Crippen molar-refractivity contribution in [3.63, 3.8) is 0 Å². The molecule has 3 aliphatic heterocycles. The first kappa shape index (κ1) is 33.4. The molecular formula is C32H40Br2O7. The van der Waals surface area contributed by atoms with E-state index < -0.39 is 0 Å². The summed E-state index contributed by atoms with van der Waals surface area (Å²) in [4.78, 5) is 33.6. The first-order valence-corrected chi connectivity index (χ1v) is 15.7. The summed E-state index contributed by atoms with van der Waals surface area (Å²) in [7, 11) is 0.